The highest BCUT2D eigenvalue weighted by atomic mass is 32.4. The molecule has 0 saturated carbocycles. The highest BCUT2D eigenvalue weighted by Gasteiger charge is 2.25. The van der Waals surface area contributed by atoms with Crippen LogP contribution >= 0.6 is 7.58 Å². The molecular weight excluding hydrogens is 321 g/mol. The number of carbonyl (C=O) groups excluding carboxylic acids is 1. The molecule has 0 fully saturated rings. The van der Waals surface area contributed by atoms with Gasteiger partial charge in [-0.25, -0.2) is 9.86 Å². The van der Waals surface area contributed by atoms with Gasteiger partial charge in [-0.2, -0.15) is 0 Å². The second-order valence-electron chi connectivity index (χ2n) is 5.16. The molecule has 22 heavy (non-hydrogen) atoms. The molecule has 1 unspecified atom stereocenters. The average Bonchev–Trinajstić information content (AvgIpc) is 2.44. The average molecular weight is 345 g/mol. The van der Waals surface area contributed by atoms with Crippen molar-refractivity contribution in [1.29, 1.82) is 0 Å². The number of esters is 1. The summed E-state index contributed by atoms with van der Waals surface area (Å²) < 4.78 is 10.9. The zero-order valence-corrected chi connectivity index (χ0v) is 15.6. The van der Waals surface area contributed by atoms with Gasteiger partial charge >= 0.3 is 5.97 Å². The maximum Gasteiger partial charge on any atom is 0.340 e. The van der Waals surface area contributed by atoms with Gasteiger partial charge in [0.25, 0.3) is 0 Å². The van der Waals surface area contributed by atoms with Crippen LogP contribution in [-0.4, -0.2) is 24.7 Å². The van der Waals surface area contributed by atoms with E-state index < -0.39 is 13.6 Å². The van der Waals surface area contributed by atoms with Gasteiger partial charge in [0.2, 0.25) is 0 Å². The van der Waals surface area contributed by atoms with Gasteiger partial charge in [-0.1, -0.05) is 17.9 Å². The first-order chi connectivity index (χ1) is 10.4. The van der Waals surface area contributed by atoms with Crippen LogP contribution in [0.2, 0.25) is 0 Å². The zero-order valence-electron chi connectivity index (χ0n) is 13.7. The third-order valence-electron chi connectivity index (χ3n) is 2.69. The molecule has 0 saturated heterocycles. The molecule has 0 heterocycles. The standard InChI is InChI=1S/C15H24NO4PS/c1-6-18-16(10(2)3)14-12(15(17)19-11(4)5)8-7-9-13(14)20-21-22/h7-11H,6,21H2,1-5H3. The fourth-order valence-electron chi connectivity index (χ4n) is 1.95. The number of anilines is 1. The van der Waals surface area contributed by atoms with Crippen molar-refractivity contribution < 1.29 is 18.9 Å². The third kappa shape index (κ3) is 4.97. The first kappa shape index (κ1) is 18.9. The summed E-state index contributed by atoms with van der Waals surface area (Å²) in [7, 11) is -0.617. The molecule has 0 aliphatic heterocycles. The van der Waals surface area contributed by atoms with E-state index in [1.54, 1.807) is 23.3 Å². The summed E-state index contributed by atoms with van der Waals surface area (Å²) >= 11 is 4.98. The lowest BCUT2D eigenvalue weighted by Crippen LogP contribution is -2.33. The number of benzene rings is 1. The Balaban J connectivity index is 3.39. The summed E-state index contributed by atoms with van der Waals surface area (Å²) in [6.07, 6.45) is -0.200. The van der Waals surface area contributed by atoms with Crippen molar-refractivity contribution in [2.24, 2.45) is 0 Å². The first-order valence-corrected chi connectivity index (χ1v) is 9.64. The highest BCUT2D eigenvalue weighted by Crippen LogP contribution is 2.36. The van der Waals surface area contributed by atoms with Crippen LogP contribution in [0.15, 0.2) is 18.2 Å². The molecular formula is C15H24NO4PS. The van der Waals surface area contributed by atoms with Gasteiger partial charge in [-0.15, -0.1) is 0 Å². The van der Waals surface area contributed by atoms with Crippen molar-refractivity contribution >= 4 is 31.0 Å². The SMILES string of the molecule is CCON(c1c(O[PH2]=S)cccc1C(=O)OC(C)C)C(C)C. The fraction of sp³-hybridized carbons (Fsp3) is 0.533. The maximum atomic E-state index is 12.4. The number of rotatable bonds is 8. The van der Waals surface area contributed by atoms with Crippen LogP contribution in [0.1, 0.15) is 45.0 Å². The van der Waals surface area contributed by atoms with E-state index in [-0.39, 0.29) is 12.1 Å². The lowest BCUT2D eigenvalue weighted by atomic mass is 10.1. The molecule has 1 atom stereocenters. The zero-order chi connectivity index (χ0) is 16.7. The van der Waals surface area contributed by atoms with E-state index in [4.69, 9.17) is 25.9 Å². The number of hydroxylamine groups is 1. The van der Waals surface area contributed by atoms with E-state index in [1.165, 1.54) is 0 Å². The molecule has 0 bridgehead atoms. The lowest BCUT2D eigenvalue weighted by molar-refractivity contribution is 0.0372. The predicted octanol–water partition coefficient (Wildman–Crippen LogP) is 3.58. The Morgan fingerprint density at radius 1 is 1.32 bits per heavy atom. The van der Waals surface area contributed by atoms with Gasteiger partial charge in [0.05, 0.1) is 31.9 Å². The quantitative estimate of drug-likeness (QED) is 0.408. The number of para-hydroxylation sites is 1. The summed E-state index contributed by atoms with van der Waals surface area (Å²) in [6, 6.07) is 5.27. The third-order valence-corrected chi connectivity index (χ3v) is 3.33. The molecule has 0 aromatic heterocycles. The largest absolute Gasteiger partial charge is 0.470 e. The van der Waals surface area contributed by atoms with E-state index in [2.05, 4.69) is 0 Å². The van der Waals surface area contributed by atoms with Gasteiger partial charge in [-0.3, -0.25) is 4.84 Å². The lowest BCUT2D eigenvalue weighted by Gasteiger charge is -2.30. The Labute approximate surface area is 138 Å². The topological polar surface area (TPSA) is 48.0 Å². The van der Waals surface area contributed by atoms with Crippen LogP contribution in [0, 0.1) is 0 Å². The monoisotopic (exact) mass is 345 g/mol. The second kappa shape index (κ2) is 9.13. The van der Waals surface area contributed by atoms with Gasteiger partial charge in [0.15, 0.2) is 0 Å². The Morgan fingerprint density at radius 2 is 2.00 bits per heavy atom. The van der Waals surface area contributed by atoms with Gasteiger partial charge in [-0.05, 0) is 46.8 Å². The minimum absolute atomic E-state index is 0.0235. The molecule has 0 aliphatic rings. The minimum atomic E-state index is -0.617. The van der Waals surface area contributed by atoms with Crippen LogP contribution in [0.5, 0.6) is 5.75 Å². The van der Waals surface area contributed by atoms with Crippen LogP contribution in [-0.2, 0) is 21.4 Å². The second-order valence-corrected chi connectivity index (χ2v) is 6.16. The van der Waals surface area contributed by atoms with Gasteiger partial charge in [0, 0.05) is 0 Å². The van der Waals surface area contributed by atoms with Crippen molar-refractivity contribution in [1.82, 2.24) is 0 Å². The Bertz CT molecular complexity index is 522. The number of carbonyl (C=O) groups is 1. The van der Waals surface area contributed by atoms with E-state index in [1.807, 2.05) is 34.6 Å². The van der Waals surface area contributed by atoms with E-state index in [0.717, 1.165) is 0 Å². The van der Waals surface area contributed by atoms with Crippen LogP contribution in [0.4, 0.5) is 5.69 Å². The molecule has 7 heteroatoms. The van der Waals surface area contributed by atoms with Gasteiger partial charge < -0.3 is 9.26 Å². The molecule has 0 amide bonds. The summed E-state index contributed by atoms with van der Waals surface area (Å²) in [5.41, 5.74) is 0.985. The predicted molar refractivity (Wildman–Crippen MR) is 93.9 cm³/mol. The Hall–Kier alpha value is -1.10. The van der Waals surface area contributed by atoms with Gasteiger partial charge in [0.1, 0.15) is 11.4 Å². The molecule has 0 spiro atoms. The molecule has 0 aliphatic carbocycles. The summed E-state index contributed by atoms with van der Waals surface area (Å²) in [5.74, 6) is 0.144. The van der Waals surface area contributed by atoms with Crippen LogP contribution in [0.3, 0.4) is 0 Å². The van der Waals surface area contributed by atoms with E-state index >= 15 is 0 Å². The summed E-state index contributed by atoms with van der Waals surface area (Å²) in [6.45, 7) is 9.95. The van der Waals surface area contributed by atoms with Crippen molar-refractivity contribution in [2.75, 3.05) is 11.7 Å². The molecule has 0 radical (unpaired) electrons. The van der Waals surface area contributed by atoms with Crippen molar-refractivity contribution in [2.45, 2.75) is 46.8 Å². The maximum absolute atomic E-state index is 12.4. The smallest absolute Gasteiger partial charge is 0.340 e. The van der Waals surface area contributed by atoms with Crippen LogP contribution < -0.4 is 9.59 Å². The Kier molecular flexibility index (Phi) is 7.87. The van der Waals surface area contributed by atoms with E-state index in [9.17, 15) is 4.79 Å². The van der Waals surface area contributed by atoms with Crippen molar-refractivity contribution in [3.05, 3.63) is 23.8 Å². The fourth-order valence-corrected chi connectivity index (χ4v) is 2.55. The normalized spacial score (nSPS) is 11.4. The molecule has 1 aromatic carbocycles. The molecule has 124 valence electrons. The first-order valence-electron chi connectivity index (χ1n) is 7.28. The van der Waals surface area contributed by atoms with E-state index in [0.29, 0.717) is 23.6 Å². The molecule has 1 rings (SSSR count). The number of ether oxygens (including phenoxy) is 1. The van der Waals surface area contributed by atoms with Crippen LogP contribution in [0.25, 0.3) is 0 Å². The minimum Gasteiger partial charge on any atom is -0.470 e. The Morgan fingerprint density at radius 3 is 2.50 bits per heavy atom. The van der Waals surface area contributed by atoms with Crippen molar-refractivity contribution in [3.8, 4) is 5.75 Å². The number of hydrogen-bond acceptors (Lipinski definition) is 6. The summed E-state index contributed by atoms with van der Waals surface area (Å²) in [4.78, 5) is 18.1. The summed E-state index contributed by atoms with van der Waals surface area (Å²) in [5, 5.41) is 1.68. The highest BCUT2D eigenvalue weighted by molar-refractivity contribution is 7.94. The van der Waals surface area contributed by atoms with Crippen molar-refractivity contribution in [3.63, 3.8) is 0 Å². The number of nitrogens with zero attached hydrogens (tertiary/aromatic N) is 1. The molecule has 5 nitrogen and oxygen atoms in total. The molecule has 1 aromatic rings. The molecule has 0 N–H and O–H groups in total. The number of hydrogen-bond donors (Lipinski definition) is 0.